The summed E-state index contributed by atoms with van der Waals surface area (Å²) in [5.74, 6) is -0.146. The van der Waals surface area contributed by atoms with Crippen LogP contribution in [-0.2, 0) is 19.1 Å². The van der Waals surface area contributed by atoms with E-state index in [2.05, 4.69) is 19.9 Å². The third kappa shape index (κ3) is 2.73. The molecule has 6 atom stereocenters. The molecule has 0 saturated heterocycles. The topological polar surface area (TPSA) is 80.7 Å². The second-order valence-electron chi connectivity index (χ2n) is 9.77. The number of aliphatic hydroxyl groups is 1. The predicted octanol–water partition coefficient (Wildman–Crippen LogP) is 3.32. The van der Waals surface area contributed by atoms with Crippen molar-refractivity contribution in [1.82, 2.24) is 0 Å². The number of hydrogen-bond acceptors (Lipinski definition) is 5. The number of allylic oxidation sites excluding steroid dienone is 6. The Balaban J connectivity index is 1.70. The van der Waals surface area contributed by atoms with E-state index in [0.717, 1.165) is 12.8 Å². The molecule has 0 aromatic heterocycles. The van der Waals surface area contributed by atoms with Gasteiger partial charge in [0.05, 0.1) is 0 Å². The summed E-state index contributed by atoms with van der Waals surface area (Å²) in [7, 11) is 0. The maximum absolute atomic E-state index is 12.9. The Labute approximate surface area is 171 Å². The maximum Gasteiger partial charge on any atom is 0.303 e. The molecule has 2 fully saturated rings. The van der Waals surface area contributed by atoms with Crippen LogP contribution in [0, 0.1) is 28.6 Å². The number of esters is 1. The second kappa shape index (κ2) is 6.49. The molecule has 0 aliphatic heterocycles. The molecule has 4 aliphatic carbocycles. The highest BCUT2D eigenvalue weighted by molar-refractivity contribution is 6.01. The minimum absolute atomic E-state index is 0.0512. The van der Waals surface area contributed by atoms with Crippen LogP contribution in [0.15, 0.2) is 35.5 Å². The van der Waals surface area contributed by atoms with Crippen molar-refractivity contribution >= 4 is 17.5 Å². The first kappa shape index (κ1) is 20.3. The molecule has 0 amide bonds. The SMILES string of the molecule is CC(=O)OCC(=O)[C@]1(O)CC[C@@H]2[C@@H]3C[C@H](C)C4=CC(=O)C=C[C@]4(C)C3=CC[C@]21C. The zero-order chi connectivity index (χ0) is 21.2. The Morgan fingerprint density at radius 1 is 1.28 bits per heavy atom. The molecule has 2 saturated carbocycles. The number of hydrogen-bond donors (Lipinski definition) is 1. The van der Waals surface area contributed by atoms with Crippen molar-refractivity contribution in [3.8, 4) is 0 Å². The van der Waals surface area contributed by atoms with Gasteiger partial charge in [0.25, 0.3) is 0 Å². The van der Waals surface area contributed by atoms with Gasteiger partial charge >= 0.3 is 5.97 Å². The summed E-state index contributed by atoms with van der Waals surface area (Å²) in [6.07, 6.45) is 10.4. The second-order valence-corrected chi connectivity index (χ2v) is 9.77. The number of carbonyl (C=O) groups is 3. The van der Waals surface area contributed by atoms with Crippen LogP contribution < -0.4 is 0 Å². The molecule has 4 aliphatic rings. The van der Waals surface area contributed by atoms with Gasteiger partial charge in [-0.15, -0.1) is 0 Å². The molecular weight excluding hydrogens is 368 g/mol. The predicted molar refractivity (Wildman–Crippen MR) is 108 cm³/mol. The fraction of sp³-hybridized carbons (Fsp3) is 0.625. The van der Waals surface area contributed by atoms with Gasteiger partial charge < -0.3 is 9.84 Å². The van der Waals surface area contributed by atoms with Gasteiger partial charge in [-0.2, -0.15) is 0 Å². The lowest BCUT2D eigenvalue weighted by molar-refractivity contribution is -0.162. The monoisotopic (exact) mass is 398 g/mol. The van der Waals surface area contributed by atoms with Gasteiger partial charge in [-0.05, 0) is 68.1 Å². The molecule has 0 unspecified atom stereocenters. The van der Waals surface area contributed by atoms with Crippen molar-refractivity contribution < 1.29 is 24.2 Å². The first-order valence-electron chi connectivity index (χ1n) is 10.6. The molecule has 0 heterocycles. The van der Waals surface area contributed by atoms with Gasteiger partial charge in [-0.25, -0.2) is 0 Å². The smallest absolute Gasteiger partial charge is 0.303 e. The highest BCUT2D eigenvalue weighted by Gasteiger charge is 2.64. The molecule has 0 aromatic carbocycles. The van der Waals surface area contributed by atoms with Gasteiger partial charge in [-0.1, -0.05) is 31.6 Å². The van der Waals surface area contributed by atoms with Crippen molar-refractivity contribution in [1.29, 1.82) is 0 Å². The van der Waals surface area contributed by atoms with Crippen LogP contribution >= 0.6 is 0 Å². The van der Waals surface area contributed by atoms with Crippen molar-refractivity contribution in [2.45, 2.75) is 59.0 Å². The van der Waals surface area contributed by atoms with E-state index in [1.807, 2.05) is 13.0 Å². The number of Topliss-reactive ketones (excluding diaryl/α,β-unsaturated/α-hetero) is 1. The Kier molecular flexibility index (Phi) is 4.54. The largest absolute Gasteiger partial charge is 0.458 e. The highest BCUT2D eigenvalue weighted by atomic mass is 16.5. The van der Waals surface area contributed by atoms with E-state index in [1.54, 1.807) is 12.2 Å². The summed E-state index contributed by atoms with van der Waals surface area (Å²) in [6.45, 7) is 7.27. The van der Waals surface area contributed by atoms with E-state index in [4.69, 9.17) is 4.74 Å². The summed E-state index contributed by atoms with van der Waals surface area (Å²) >= 11 is 0. The summed E-state index contributed by atoms with van der Waals surface area (Å²) in [6, 6.07) is 0. The van der Waals surface area contributed by atoms with Crippen LogP contribution in [0.25, 0.3) is 0 Å². The number of ether oxygens (including phenoxy) is 1. The fourth-order valence-electron chi connectivity index (χ4n) is 6.68. The average molecular weight is 398 g/mol. The van der Waals surface area contributed by atoms with E-state index >= 15 is 0 Å². The van der Waals surface area contributed by atoms with Crippen LogP contribution in [0.4, 0.5) is 0 Å². The minimum Gasteiger partial charge on any atom is -0.458 e. The summed E-state index contributed by atoms with van der Waals surface area (Å²) in [5.41, 5.74) is 0.178. The van der Waals surface area contributed by atoms with Crippen molar-refractivity contribution in [3.63, 3.8) is 0 Å². The zero-order valence-electron chi connectivity index (χ0n) is 17.7. The van der Waals surface area contributed by atoms with Crippen LogP contribution in [-0.4, -0.2) is 34.9 Å². The van der Waals surface area contributed by atoms with E-state index in [-0.39, 0.29) is 35.6 Å². The summed E-state index contributed by atoms with van der Waals surface area (Å²) in [5, 5.41) is 11.5. The molecule has 0 radical (unpaired) electrons. The Morgan fingerprint density at radius 3 is 2.69 bits per heavy atom. The molecular formula is C24H30O5. The van der Waals surface area contributed by atoms with E-state index < -0.39 is 22.8 Å². The molecule has 5 nitrogen and oxygen atoms in total. The highest BCUT2D eigenvalue weighted by Crippen LogP contribution is 2.65. The lowest BCUT2D eigenvalue weighted by Crippen LogP contribution is -2.56. The van der Waals surface area contributed by atoms with Crippen molar-refractivity contribution in [2.24, 2.45) is 28.6 Å². The molecule has 5 heteroatoms. The van der Waals surface area contributed by atoms with E-state index in [9.17, 15) is 19.5 Å². The zero-order valence-corrected chi connectivity index (χ0v) is 17.7. The third-order valence-corrected chi connectivity index (χ3v) is 8.30. The molecule has 0 aromatic rings. The molecule has 156 valence electrons. The molecule has 1 N–H and O–H groups in total. The molecule has 4 rings (SSSR count). The Hall–Kier alpha value is -2.01. The normalized spacial score (nSPS) is 42.9. The van der Waals surface area contributed by atoms with Crippen LogP contribution in [0.1, 0.15) is 53.4 Å². The number of rotatable bonds is 3. The van der Waals surface area contributed by atoms with Crippen molar-refractivity contribution in [2.75, 3.05) is 6.61 Å². The Morgan fingerprint density at radius 2 is 2.00 bits per heavy atom. The van der Waals surface area contributed by atoms with Crippen LogP contribution in [0.5, 0.6) is 0 Å². The lowest BCUT2D eigenvalue weighted by atomic mass is 9.49. The third-order valence-electron chi connectivity index (χ3n) is 8.30. The first-order valence-corrected chi connectivity index (χ1v) is 10.6. The maximum atomic E-state index is 12.9. The molecule has 0 bridgehead atoms. The van der Waals surface area contributed by atoms with E-state index in [0.29, 0.717) is 12.8 Å². The molecule has 29 heavy (non-hydrogen) atoms. The fourth-order valence-corrected chi connectivity index (χ4v) is 6.68. The summed E-state index contributed by atoms with van der Waals surface area (Å²) in [4.78, 5) is 36.0. The van der Waals surface area contributed by atoms with Gasteiger partial charge in [0.1, 0.15) is 5.60 Å². The summed E-state index contributed by atoms with van der Waals surface area (Å²) < 4.78 is 4.91. The van der Waals surface area contributed by atoms with Gasteiger partial charge in [-0.3, -0.25) is 14.4 Å². The number of ketones is 2. The average Bonchev–Trinajstić information content (AvgIpc) is 2.94. The van der Waals surface area contributed by atoms with Crippen molar-refractivity contribution in [3.05, 3.63) is 35.5 Å². The standard InChI is InChI=1S/C24H30O5/c1-14-11-17-18(22(3)8-5-16(26)12-20(14)22)6-9-23(4)19(17)7-10-24(23,28)21(27)13-29-15(2)25/h5-6,8,12,14,17,19,28H,7,9-11,13H2,1-4H3/t14-,17+,19+,22+,23+,24+/m0/s1. The number of carbonyl (C=O) groups excluding carboxylic acids is 3. The van der Waals surface area contributed by atoms with Gasteiger partial charge in [0, 0.05) is 17.8 Å². The minimum atomic E-state index is -1.48. The van der Waals surface area contributed by atoms with E-state index in [1.165, 1.54) is 18.1 Å². The lowest BCUT2D eigenvalue weighted by Gasteiger charge is -2.55. The van der Waals surface area contributed by atoms with Crippen LogP contribution in [0.3, 0.4) is 0 Å². The molecule has 0 spiro atoms. The quantitative estimate of drug-likeness (QED) is 0.583. The Bertz CT molecular complexity index is 880. The van der Waals surface area contributed by atoms with Crippen LogP contribution in [0.2, 0.25) is 0 Å². The van der Waals surface area contributed by atoms with Gasteiger partial charge in [0.15, 0.2) is 12.4 Å². The first-order chi connectivity index (χ1) is 13.5. The number of fused-ring (bicyclic) bond motifs is 5. The van der Waals surface area contributed by atoms with Gasteiger partial charge in [0.2, 0.25) is 5.78 Å².